The third kappa shape index (κ3) is 3.44. The maximum atomic E-state index is 12.9. The highest BCUT2D eigenvalue weighted by Crippen LogP contribution is 2.33. The Bertz CT molecular complexity index is 964. The minimum Gasteiger partial charge on any atom is -0.489 e. The molecular formula is C22H21N3O3. The van der Waals surface area contributed by atoms with Crippen LogP contribution in [0.2, 0.25) is 0 Å². The summed E-state index contributed by atoms with van der Waals surface area (Å²) in [5.74, 6) is 0.452. The lowest BCUT2D eigenvalue weighted by molar-refractivity contribution is -0.125. The molecule has 1 N–H and O–H groups in total. The normalized spacial score (nSPS) is 18.8. The summed E-state index contributed by atoms with van der Waals surface area (Å²) in [4.78, 5) is 27.0. The van der Waals surface area contributed by atoms with Crippen molar-refractivity contribution >= 4 is 11.8 Å². The van der Waals surface area contributed by atoms with Crippen LogP contribution in [0, 0.1) is 11.3 Å². The molecule has 2 aromatic carbocycles. The van der Waals surface area contributed by atoms with Crippen LogP contribution in [0.1, 0.15) is 46.3 Å². The summed E-state index contributed by atoms with van der Waals surface area (Å²) >= 11 is 0. The van der Waals surface area contributed by atoms with Gasteiger partial charge in [-0.05, 0) is 49.1 Å². The Labute approximate surface area is 163 Å². The first-order chi connectivity index (χ1) is 13.7. The van der Waals surface area contributed by atoms with E-state index < -0.39 is 6.04 Å². The molecule has 0 spiro atoms. The lowest BCUT2D eigenvalue weighted by Gasteiger charge is -2.25. The van der Waals surface area contributed by atoms with Gasteiger partial charge in [0.1, 0.15) is 18.4 Å². The van der Waals surface area contributed by atoms with Crippen molar-refractivity contribution in [1.82, 2.24) is 10.2 Å². The second-order valence-corrected chi connectivity index (χ2v) is 7.12. The lowest BCUT2D eigenvalue weighted by atomic mass is 10.1. The summed E-state index contributed by atoms with van der Waals surface area (Å²) in [7, 11) is 0. The fourth-order valence-electron chi connectivity index (χ4n) is 3.83. The maximum absolute atomic E-state index is 12.9. The molecule has 0 saturated carbocycles. The van der Waals surface area contributed by atoms with E-state index in [4.69, 9.17) is 10.00 Å². The highest BCUT2D eigenvalue weighted by molar-refractivity contribution is 6.01. The van der Waals surface area contributed by atoms with Crippen LogP contribution in [0.25, 0.3) is 0 Å². The van der Waals surface area contributed by atoms with Gasteiger partial charge in [-0.2, -0.15) is 5.26 Å². The molecule has 2 aliphatic rings. The van der Waals surface area contributed by atoms with Gasteiger partial charge < -0.3 is 15.0 Å². The second kappa shape index (κ2) is 7.73. The molecule has 2 amide bonds. The molecule has 4 rings (SSSR count). The molecule has 0 bridgehead atoms. The molecule has 1 atom stereocenters. The SMILES string of the molecule is N#Cc1cccc(COc2cccc3c2CN([C@H]2CCCCNC2=O)C3=O)c1. The zero-order valence-corrected chi connectivity index (χ0v) is 15.5. The van der Waals surface area contributed by atoms with Crippen molar-refractivity contribution in [3.8, 4) is 11.8 Å². The zero-order chi connectivity index (χ0) is 19.5. The number of hydrogen-bond acceptors (Lipinski definition) is 4. The standard InChI is InChI=1S/C22H21N3O3/c23-12-15-5-3-6-16(11-15)14-28-20-9-4-7-17-18(20)13-25(22(17)27)19-8-1-2-10-24-21(19)26/h3-7,9,11,19H,1-2,8,10,13-14H2,(H,24,26)/t19-/m0/s1. The van der Waals surface area contributed by atoms with Crippen LogP contribution in [0.4, 0.5) is 0 Å². The number of benzene rings is 2. The summed E-state index contributed by atoms with van der Waals surface area (Å²) in [6, 6.07) is 14.4. The van der Waals surface area contributed by atoms with Crippen LogP contribution in [0.5, 0.6) is 5.75 Å². The number of carbonyl (C=O) groups is 2. The molecule has 6 nitrogen and oxygen atoms in total. The fourth-order valence-corrected chi connectivity index (χ4v) is 3.83. The van der Waals surface area contributed by atoms with Crippen LogP contribution < -0.4 is 10.1 Å². The van der Waals surface area contributed by atoms with Gasteiger partial charge in [-0.3, -0.25) is 9.59 Å². The van der Waals surface area contributed by atoms with Crippen molar-refractivity contribution in [2.45, 2.75) is 38.5 Å². The highest BCUT2D eigenvalue weighted by atomic mass is 16.5. The Balaban J connectivity index is 1.54. The average Bonchev–Trinajstić information content (AvgIpc) is 2.91. The number of nitrogens with zero attached hydrogens (tertiary/aromatic N) is 2. The second-order valence-electron chi connectivity index (χ2n) is 7.12. The molecule has 0 unspecified atom stereocenters. The van der Waals surface area contributed by atoms with Crippen molar-refractivity contribution in [3.63, 3.8) is 0 Å². The molecule has 2 aromatic rings. The van der Waals surface area contributed by atoms with E-state index in [2.05, 4.69) is 11.4 Å². The van der Waals surface area contributed by atoms with E-state index in [1.165, 1.54) is 0 Å². The molecule has 0 aromatic heterocycles. The van der Waals surface area contributed by atoms with Crippen molar-refractivity contribution in [1.29, 1.82) is 5.26 Å². The molecule has 0 radical (unpaired) electrons. The van der Waals surface area contributed by atoms with Gasteiger partial charge in [0.15, 0.2) is 0 Å². The molecule has 6 heteroatoms. The summed E-state index contributed by atoms with van der Waals surface area (Å²) < 4.78 is 5.98. The Morgan fingerprint density at radius 2 is 2.04 bits per heavy atom. The van der Waals surface area contributed by atoms with Crippen LogP contribution in [0.3, 0.4) is 0 Å². The van der Waals surface area contributed by atoms with E-state index in [-0.39, 0.29) is 11.8 Å². The van der Waals surface area contributed by atoms with Crippen LogP contribution >= 0.6 is 0 Å². The zero-order valence-electron chi connectivity index (χ0n) is 15.5. The van der Waals surface area contributed by atoms with Gasteiger partial charge in [0, 0.05) is 17.7 Å². The predicted octanol–water partition coefficient (Wildman–Crippen LogP) is 2.76. The summed E-state index contributed by atoms with van der Waals surface area (Å²) in [5, 5.41) is 11.9. The molecule has 2 aliphatic heterocycles. The van der Waals surface area contributed by atoms with Crippen LogP contribution in [-0.4, -0.2) is 29.3 Å². The van der Waals surface area contributed by atoms with Crippen molar-refractivity contribution in [2.75, 3.05) is 6.54 Å². The molecule has 1 saturated heterocycles. The summed E-state index contributed by atoms with van der Waals surface area (Å²) in [5.41, 5.74) is 2.89. The largest absolute Gasteiger partial charge is 0.489 e. The Kier molecular flexibility index (Phi) is 4.98. The first-order valence-corrected chi connectivity index (χ1v) is 9.50. The van der Waals surface area contributed by atoms with Gasteiger partial charge in [0.2, 0.25) is 5.91 Å². The lowest BCUT2D eigenvalue weighted by Crippen LogP contribution is -2.45. The van der Waals surface area contributed by atoms with E-state index in [1.54, 1.807) is 29.2 Å². The molecule has 2 heterocycles. The number of rotatable bonds is 4. The number of amides is 2. The highest BCUT2D eigenvalue weighted by Gasteiger charge is 2.38. The van der Waals surface area contributed by atoms with Gasteiger partial charge in [0.05, 0.1) is 18.2 Å². The first-order valence-electron chi connectivity index (χ1n) is 9.50. The van der Waals surface area contributed by atoms with Gasteiger partial charge in [-0.15, -0.1) is 0 Å². The van der Waals surface area contributed by atoms with E-state index in [1.807, 2.05) is 18.2 Å². The van der Waals surface area contributed by atoms with Crippen molar-refractivity contribution in [3.05, 3.63) is 64.7 Å². The van der Waals surface area contributed by atoms with E-state index in [0.717, 1.165) is 24.0 Å². The Hall–Kier alpha value is -3.33. The molecule has 28 heavy (non-hydrogen) atoms. The van der Waals surface area contributed by atoms with Gasteiger partial charge in [-0.1, -0.05) is 18.2 Å². The summed E-state index contributed by atoms with van der Waals surface area (Å²) in [6.07, 6.45) is 2.54. The average molecular weight is 375 g/mol. The number of hydrogen-bond donors (Lipinski definition) is 1. The summed E-state index contributed by atoms with van der Waals surface area (Å²) in [6.45, 7) is 1.35. The minimum atomic E-state index is -0.428. The molecule has 142 valence electrons. The minimum absolute atomic E-state index is 0.0746. The fraction of sp³-hybridized carbons (Fsp3) is 0.318. The quantitative estimate of drug-likeness (QED) is 0.891. The number of nitrogens with one attached hydrogen (secondary N) is 1. The van der Waals surface area contributed by atoms with E-state index in [0.29, 0.717) is 43.0 Å². The van der Waals surface area contributed by atoms with Gasteiger partial charge in [0.25, 0.3) is 5.91 Å². The van der Waals surface area contributed by atoms with E-state index >= 15 is 0 Å². The monoisotopic (exact) mass is 375 g/mol. The Morgan fingerprint density at radius 1 is 1.18 bits per heavy atom. The molecule has 0 aliphatic carbocycles. The topological polar surface area (TPSA) is 82.4 Å². The molecular weight excluding hydrogens is 354 g/mol. The Morgan fingerprint density at radius 3 is 2.89 bits per heavy atom. The third-order valence-electron chi connectivity index (χ3n) is 5.29. The van der Waals surface area contributed by atoms with Crippen molar-refractivity contribution in [2.24, 2.45) is 0 Å². The van der Waals surface area contributed by atoms with Gasteiger partial charge >= 0.3 is 0 Å². The van der Waals surface area contributed by atoms with Crippen molar-refractivity contribution < 1.29 is 14.3 Å². The number of fused-ring (bicyclic) bond motifs is 1. The first kappa shape index (κ1) is 18.1. The molecule has 1 fully saturated rings. The number of ether oxygens (including phenoxy) is 1. The van der Waals surface area contributed by atoms with Crippen LogP contribution in [0.15, 0.2) is 42.5 Å². The van der Waals surface area contributed by atoms with Crippen LogP contribution in [-0.2, 0) is 17.9 Å². The third-order valence-corrected chi connectivity index (χ3v) is 5.29. The number of carbonyl (C=O) groups excluding carboxylic acids is 2. The number of nitriles is 1. The van der Waals surface area contributed by atoms with Gasteiger partial charge in [-0.25, -0.2) is 0 Å². The smallest absolute Gasteiger partial charge is 0.255 e. The van der Waals surface area contributed by atoms with E-state index in [9.17, 15) is 9.59 Å². The maximum Gasteiger partial charge on any atom is 0.255 e. The predicted molar refractivity (Wildman–Crippen MR) is 102 cm³/mol.